The molecule has 3 rings (SSSR count). The molecule has 8 nitrogen and oxygen atoms in total. The fourth-order valence-corrected chi connectivity index (χ4v) is 4.60. The zero-order valence-electron chi connectivity index (χ0n) is 17.7. The number of methoxy groups -OCH3 is 1. The molecule has 1 amide bonds. The van der Waals surface area contributed by atoms with E-state index in [4.69, 9.17) is 9.47 Å². The Labute approximate surface area is 182 Å². The number of ether oxygens (including phenoxy) is 2. The van der Waals surface area contributed by atoms with Gasteiger partial charge in [0, 0.05) is 12.2 Å². The minimum absolute atomic E-state index is 0.0120. The van der Waals surface area contributed by atoms with E-state index in [1.807, 2.05) is 24.3 Å². The van der Waals surface area contributed by atoms with Crippen LogP contribution in [0, 0.1) is 0 Å². The summed E-state index contributed by atoms with van der Waals surface area (Å²) in [5, 5.41) is 0. The van der Waals surface area contributed by atoms with Crippen molar-refractivity contribution >= 4 is 27.6 Å². The minimum Gasteiger partial charge on any atom is -0.497 e. The smallest absolute Gasteiger partial charge is 0.324 e. The number of hydrogen-bond acceptors (Lipinski definition) is 6. The van der Waals surface area contributed by atoms with Gasteiger partial charge in [-0.25, -0.2) is 8.42 Å². The third kappa shape index (κ3) is 5.23. The summed E-state index contributed by atoms with van der Waals surface area (Å²) in [6, 6.07) is 12.2. The Morgan fingerprint density at radius 1 is 1.06 bits per heavy atom. The molecular formula is C22H26N2O6S. The molecule has 2 atom stereocenters. The van der Waals surface area contributed by atoms with Crippen molar-refractivity contribution < 1.29 is 27.5 Å². The number of nitrogens with one attached hydrogen (secondary N) is 1. The van der Waals surface area contributed by atoms with E-state index in [-0.39, 0.29) is 10.8 Å². The van der Waals surface area contributed by atoms with Gasteiger partial charge in [-0.1, -0.05) is 18.2 Å². The number of carbonyl (C=O) groups excluding carboxylic acids is 2. The lowest BCUT2D eigenvalue weighted by Crippen LogP contribution is -2.46. The first-order valence-corrected chi connectivity index (χ1v) is 11.5. The van der Waals surface area contributed by atoms with Crippen LogP contribution in [-0.4, -0.2) is 46.1 Å². The van der Waals surface area contributed by atoms with E-state index >= 15 is 0 Å². The van der Waals surface area contributed by atoms with Crippen LogP contribution < -0.4 is 14.4 Å². The van der Waals surface area contributed by atoms with Gasteiger partial charge in [-0.2, -0.15) is 4.72 Å². The molecule has 0 saturated heterocycles. The summed E-state index contributed by atoms with van der Waals surface area (Å²) in [5.41, 5.74) is 1.89. The molecule has 2 aromatic carbocycles. The maximum atomic E-state index is 12.9. The number of sulfonamides is 1. The number of fused-ring (bicyclic) bond motifs is 1. The maximum Gasteiger partial charge on any atom is 0.324 e. The number of nitrogens with zero attached hydrogens (tertiary/aromatic N) is 1. The topological polar surface area (TPSA) is 102 Å². The molecule has 1 aliphatic heterocycles. The van der Waals surface area contributed by atoms with Crippen LogP contribution in [0.2, 0.25) is 0 Å². The Morgan fingerprint density at radius 2 is 1.74 bits per heavy atom. The van der Waals surface area contributed by atoms with E-state index in [9.17, 15) is 18.0 Å². The van der Waals surface area contributed by atoms with Crippen molar-refractivity contribution in [2.45, 2.75) is 43.7 Å². The largest absolute Gasteiger partial charge is 0.497 e. The number of benzene rings is 2. The molecule has 0 aromatic heterocycles. The molecule has 0 fully saturated rings. The highest BCUT2D eigenvalue weighted by atomic mass is 32.2. The zero-order chi connectivity index (χ0) is 22.6. The van der Waals surface area contributed by atoms with Crippen molar-refractivity contribution in [2.75, 3.05) is 18.6 Å². The van der Waals surface area contributed by atoms with Crippen molar-refractivity contribution in [2.24, 2.45) is 0 Å². The summed E-state index contributed by atoms with van der Waals surface area (Å²) < 4.78 is 37.6. The summed E-state index contributed by atoms with van der Waals surface area (Å²) in [4.78, 5) is 26.9. The molecule has 0 spiro atoms. The molecule has 0 saturated carbocycles. The first kappa shape index (κ1) is 22.8. The highest BCUT2D eigenvalue weighted by molar-refractivity contribution is 7.89. The fourth-order valence-electron chi connectivity index (χ4n) is 3.41. The van der Waals surface area contributed by atoms with Gasteiger partial charge in [-0.3, -0.25) is 9.59 Å². The molecule has 1 N–H and O–H groups in total. The monoisotopic (exact) mass is 446 g/mol. The van der Waals surface area contributed by atoms with Crippen molar-refractivity contribution in [3.8, 4) is 5.75 Å². The van der Waals surface area contributed by atoms with Crippen LogP contribution in [0.25, 0.3) is 0 Å². The predicted octanol–water partition coefficient (Wildman–Crippen LogP) is 2.27. The van der Waals surface area contributed by atoms with Gasteiger partial charge in [0.1, 0.15) is 11.8 Å². The standard InChI is InChI=1S/C22H26N2O6S/c1-15(23-31(27,28)19-12-10-18(29-3)11-13-19)22(26)30-16(2)21(25)24-14-6-8-17-7-4-5-9-20(17)24/h4-5,7,9-13,15-16,23H,6,8,14H2,1-3H3. The first-order chi connectivity index (χ1) is 14.7. The summed E-state index contributed by atoms with van der Waals surface area (Å²) in [5.74, 6) is -0.660. The Balaban J connectivity index is 1.63. The van der Waals surface area contributed by atoms with Gasteiger partial charge in [-0.05, 0) is 62.6 Å². The lowest BCUT2D eigenvalue weighted by molar-refractivity contribution is -0.155. The Morgan fingerprint density at radius 3 is 2.42 bits per heavy atom. The van der Waals surface area contributed by atoms with Crippen molar-refractivity contribution in [3.05, 3.63) is 54.1 Å². The Kier molecular flexibility index (Phi) is 6.97. The lowest BCUT2D eigenvalue weighted by Gasteiger charge is -2.31. The zero-order valence-corrected chi connectivity index (χ0v) is 18.5. The van der Waals surface area contributed by atoms with Gasteiger partial charge < -0.3 is 14.4 Å². The van der Waals surface area contributed by atoms with Gasteiger partial charge in [-0.15, -0.1) is 0 Å². The highest BCUT2D eigenvalue weighted by Crippen LogP contribution is 2.27. The van der Waals surface area contributed by atoms with Crippen LogP contribution >= 0.6 is 0 Å². The van der Waals surface area contributed by atoms with Gasteiger partial charge in [0.2, 0.25) is 10.0 Å². The molecule has 31 heavy (non-hydrogen) atoms. The molecular weight excluding hydrogens is 420 g/mol. The number of carbonyl (C=O) groups is 2. The van der Waals surface area contributed by atoms with Gasteiger partial charge in [0.15, 0.2) is 6.10 Å². The number of hydrogen-bond donors (Lipinski definition) is 1. The maximum absolute atomic E-state index is 12.9. The van der Waals surface area contributed by atoms with E-state index in [1.165, 1.54) is 45.2 Å². The second-order valence-electron chi connectivity index (χ2n) is 7.32. The lowest BCUT2D eigenvalue weighted by atomic mass is 10.0. The highest BCUT2D eigenvalue weighted by Gasteiger charge is 2.30. The molecule has 0 radical (unpaired) electrons. The normalized spacial score (nSPS) is 15.5. The number of para-hydroxylation sites is 1. The van der Waals surface area contributed by atoms with Crippen molar-refractivity contribution in [1.82, 2.24) is 4.72 Å². The molecule has 9 heteroatoms. The fraction of sp³-hybridized carbons (Fsp3) is 0.364. The SMILES string of the molecule is COc1ccc(S(=O)(=O)NC(C)C(=O)OC(C)C(=O)N2CCCc3ccccc32)cc1. The molecule has 0 aliphatic carbocycles. The summed E-state index contributed by atoms with van der Waals surface area (Å²) in [7, 11) is -2.47. The van der Waals surface area contributed by atoms with Crippen LogP contribution in [0.4, 0.5) is 5.69 Å². The summed E-state index contributed by atoms with van der Waals surface area (Å²) >= 11 is 0. The number of rotatable bonds is 7. The van der Waals surface area contributed by atoms with Gasteiger partial charge >= 0.3 is 5.97 Å². The van der Waals surface area contributed by atoms with Crippen molar-refractivity contribution in [1.29, 1.82) is 0 Å². The molecule has 2 unspecified atom stereocenters. The van der Waals surface area contributed by atoms with Crippen LogP contribution in [-0.2, 0) is 30.8 Å². The van der Waals surface area contributed by atoms with E-state index in [0.717, 1.165) is 24.1 Å². The third-order valence-corrected chi connectivity index (χ3v) is 6.63. The Hall–Kier alpha value is -2.91. The van der Waals surface area contributed by atoms with Crippen LogP contribution in [0.3, 0.4) is 0 Å². The molecule has 1 heterocycles. The minimum atomic E-state index is -3.95. The van der Waals surface area contributed by atoms with Gasteiger partial charge in [0.25, 0.3) is 5.91 Å². The van der Waals surface area contributed by atoms with Crippen LogP contribution in [0.1, 0.15) is 25.8 Å². The summed E-state index contributed by atoms with van der Waals surface area (Å²) in [6.45, 7) is 3.40. The first-order valence-electron chi connectivity index (χ1n) is 9.99. The van der Waals surface area contributed by atoms with E-state index in [1.54, 1.807) is 4.90 Å². The number of esters is 1. The molecule has 1 aliphatic rings. The molecule has 0 bridgehead atoms. The number of amides is 1. The Bertz CT molecular complexity index is 1050. The second-order valence-corrected chi connectivity index (χ2v) is 9.03. The van der Waals surface area contributed by atoms with E-state index in [2.05, 4.69) is 4.72 Å². The number of anilines is 1. The summed E-state index contributed by atoms with van der Waals surface area (Å²) in [6.07, 6.45) is 0.659. The van der Waals surface area contributed by atoms with Crippen molar-refractivity contribution in [3.63, 3.8) is 0 Å². The van der Waals surface area contributed by atoms with Crippen LogP contribution in [0.5, 0.6) is 5.75 Å². The molecule has 2 aromatic rings. The second kappa shape index (κ2) is 9.49. The average Bonchev–Trinajstić information content (AvgIpc) is 2.77. The average molecular weight is 447 g/mol. The van der Waals surface area contributed by atoms with E-state index < -0.39 is 28.1 Å². The third-order valence-electron chi connectivity index (χ3n) is 5.07. The number of aryl methyl sites for hydroxylation is 1. The van der Waals surface area contributed by atoms with E-state index in [0.29, 0.717) is 12.3 Å². The van der Waals surface area contributed by atoms with Crippen LogP contribution in [0.15, 0.2) is 53.4 Å². The predicted molar refractivity (Wildman–Crippen MR) is 115 cm³/mol. The van der Waals surface area contributed by atoms with Gasteiger partial charge in [0.05, 0.1) is 12.0 Å². The molecule has 166 valence electrons. The quantitative estimate of drug-likeness (QED) is 0.655.